The zero-order valence-corrected chi connectivity index (χ0v) is 18.9. The molecule has 168 valence electrons. The summed E-state index contributed by atoms with van der Waals surface area (Å²) >= 11 is 0. The Bertz CT molecular complexity index is 1050. The summed E-state index contributed by atoms with van der Waals surface area (Å²) in [6, 6.07) is 20.6. The van der Waals surface area contributed by atoms with Crippen molar-refractivity contribution >= 4 is 5.91 Å². The van der Waals surface area contributed by atoms with E-state index >= 15 is 0 Å². The lowest BCUT2D eigenvalue weighted by atomic mass is 9.96. The van der Waals surface area contributed by atoms with Crippen LogP contribution in [0, 0.1) is 0 Å². The largest absolute Gasteiger partial charge is 0.496 e. The predicted octanol–water partition coefficient (Wildman–Crippen LogP) is 4.26. The van der Waals surface area contributed by atoms with E-state index in [1.165, 1.54) is 12.0 Å². The van der Waals surface area contributed by atoms with Gasteiger partial charge in [-0.25, -0.2) is 0 Å². The van der Waals surface area contributed by atoms with Crippen LogP contribution in [0.25, 0.3) is 0 Å². The maximum Gasteiger partial charge on any atom is 0.257 e. The standard InChI is InChI=1S/C26H29NO5/c1-27(2)26(29)25-20(11-8-12-23(25)31-4)15-21(28)19-13-14-22(30-3)24(16-19)32-17-18-9-6-5-7-10-18/h5-14,16,21,28H,15,17H2,1-4H3. The molecule has 1 amide bonds. The first kappa shape index (κ1) is 23.2. The number of nitrogens with zero attached hydrogens (tertiary/aromatic N) is 1. The Morgan fingerprint density at radius 2 is 1.62 bits per heavy atom. The molecule has 0 spiro atoms. The summed E-state index contributed by atoms with van der Waals surface area (Å²) in [7, 11) is 6.49. The molecule has 0 saturated heterocycles. The third-order valence-electron chi connectivity index (χ3n) is 5.18. The number of amides is 1. The third kappa shape index (κ3) is 5.39. The number of benzene rings is 3. The van der Waals surface area contributed by atoms with Crippen molar-refractivity contribution in [1.29, 1.82) is 0 Å². The van der Waals surface area contributed by atoms with E-state index in [0.29, 0.717) is 40.5 Å². The van der Waals surface area contributed by atoms with E-state index in [9.17, 15) is 9.90 Å². The number of methoxy groups -OCH3 is 2. The van der Waals surface area contributed by atoms with Crippen molar-refractivity contribution < 1.29 is 24.1 Å². The SMILES string of the molecule is COc1ccc(C(O)Cc2cccc(OC)c2C(=O)N(C)C)cc1OCc1ccccc1. The number of hydrogen-bond acceptors (Lipinski definition) is 5. The number of hydrogen-bond donors (Lipinski definition) is 1. The maximum atomic E-state index is 12.7. The zero-order valence-electron chi connectivity index (χ0n) is 18.9. The van der Waals surface area contributed by atoms with Gasteiger partial charge in [0.1, 0.15) is 12.4 Å². The van der Waals surface area contributed by atoms with Crippen LogP contribution < -0.4 is 14.2 Å². The van der Waals surface area contributed by atoms with Crippen LogP contribution in [0.1, 0.15) is 33.2 Å². The van der Waals surface area contributed by atoms with Gasteiger partial charge in [-0.15, -0.1) is 0 Å². The Labute approximate surface area is 189 Å². The number of aliphatic hydroxyl groups is 1. The predicted molar refractivity (Wildman–Crippen MR) is 123 cm³/mol. The smallest absolute Gasteiger partial charge is 0.257 e. The molecule has 0 bridgehead atoms. The van der Waals surface area contributed by atoms with Gasteiger partial charge >= 0.3 is 0 Å². The lowest BCUT2D eigenvalue weighted by Gasteiger charge is -2.20. The van der Waals surface area contributed by atoms with Gasteiger partial charge in [0.25, 0.3) is 5.91 Å². The molecule has 0 fully saturated rings. The first-order valence-electron chi connectivity index (χ1n) is 10.3. The zero-order chi connectivity index (χ0) is 23.1. The van der Waals surface area contributed by atoms with Gasteiger partial charge in [0.15, 0.2) is 11.5 Å². The van der Waals surface area contributed by atoms with Crippen LogP contribution in [0.15, 0.2) is 66.7 Å². The number of aliphatic hydroxyl groups excluding tert-OH is 1. The Balaban J connectivity index is 1.85. The lowest BCUT2D eigenvalue weighted by molar-refractivity contribution is 0.0822. The topological polar surface area (TPSA) is 68.2 Å². The molecule has 0 aliphatic heterocycles. The minimum Gasteiger partial charge on any atom is -0.496 e. The minimum atomic E-state index is -0.846. The van der Waals surface area contributed by atoms with Crippen molar-refractivity contribution in [3.8, 4) is 17.2 Å². The Morgan fingerprint density at radius 1 is 0.906 bits per heavy atom. The molecule has 6 nitrogen and oxygen atoms in total. The maximum absolute atomic E-state index is 12.7. The molecule has 1 atom stereocenters. The number of ether oxygens (including phenoxy) is 3. The van der Waals surface area contributed by atoms with E-state index in [-0.39, 0.29) is 12.3 Å². The van der Waals surface area contributed by atoms with Gasteiger partial charge in [0.05, 0.1) is 25.9 Å². The van der Waals surface area contributed by atoms with Crippen LogP contribution in [0.4, 0.5) is 0 Å². The molecule has 0 aliphatic carbocycles. The van der Waals surface area contributed by atoms with Crippen LogP contribution in [-0.2, 0) is 13.0 Å². The quantitative estimate of drug-likeness (QED) is 0.544. The molecule has 0 radical (unpaired) electrons. The molecule has 1 N–H and O–H groups in total. The summed E-state index contributed by atoms with van der Waals surface area (Å²) in [5, 5.41) is 11.0. The summed E-state index contributed by atoms with van der Waals surface area (Å²) in [5.41, 5.74) is 2.86. The molecular weight excluding hydrogens is 406 g/mol. The van der Waals surface area contributed by atoms with Gasteiger partial charge < -0.3 is 24.2 Å². The second-order valence-corrected chi connectivity index (χ2v) is 7.60. The van der Waals surface area contributed by atoms with Gasteiger partial charge in [-0.3, -0.25) is 4.79 Å². The van der Waals surface area contributed by atoms with Crippen LogP contribution in [0.2, 0.25) is 0 Å². The summed E-state index contributed by atoms with van der Waals surface area (Å²) < 4.78 is 16.8. The Morgan fingerprint density at radius 3 is 2.28 bits per heavy atom. The fourth-order valence-corrected chi connectivity index (χ4v) is 3.46. The molecule has 1 unspecified atom stereocenters. The third-order valence-corrected chi connectivity index (χ3v) is 5.18. The van der Waals surface area contributed by atoms with Gasteiger partial charge in [-0.2, -0.15) is 0 Å². The summed E-state index contributed by atoms with van der Waals surface area (Å²) in [5.74, 6) is 1.44. The average molecular weight is 436 g/mol. The van der Waals surface area contributed by atoms with Crippen molar-refractivity contribution in [3.05, 3.63) is 89.0 Å². The van der Waals surface area contributed by atoms with Crippen molar-refractivity contribution in [1.82, 2.24) is 4.90 Å². The van der Waals surface area contributed by atoms with E-state index < -0.39 is 6.10 Å². The molecule has 6 heteroatoms. The number of carbonyl (C=O) groups is 1. The van der Waals surface area contributed by atoms with Gasteiger partial charge in [0.2, 0.25) is 0 Å². The normalized spacial score (nSPS) is 11.5. The van der Waals surface area contributed by atoms with Crippen LogP contribution in [0.3, 0.4) is 0 Å². The van der Waals surface area contributed by atoms with Gasteiger partial charge in [-0.1, -0.05) is 48.5 Å². The first-order chi connectivity index (χ1) is 15.4. The molecule has 0 heterocycles. The molecular formula is C26H29NO5. The van der Waals surface area contributed by atoms with Crippen molar-refractivity contribution in [2.45, 2.75) is 19.1 Å². The first-order valence-corrected chi connectivity index (χ1v) is 10.3. The second kappa shape index (κ2) is 10.7. The van der Waals surface area contributed by atoms with Crippen molar-refractivity contribution in [2.24, 2.45) is 0 Å². The number of carbonyl (C=O) groups excluding carboxylic acids is 1. The second-order valence-electron chi connectivity index (χ2n) is 7.60. The summed E-state index contributed by atoms with van der Waals surface area (Å²) in [6.45, 7) is 0.383. The summed E-state index contributed by atoms with van der Waals surface area (Å²) in [4.78, 5) is 14.2. The molecule has 3 rings (SSSR count). The van der Waals surface area contributed by atoms with E-state index in [4.69, 9.17) is 14.2 Å². The highest BCUT2D eigenvalue weighted by Crippen LogP contribution is 2.33. The molecule has 0 saturated carbocycles. The van der Waals surface area contributed by atoms with Crippen LogP contribution in [0.5, 0.6) is 17.2 Å². The van der Waals surface area contributed by atoms with E-state index in [2.05, 4.69) is 0 Å². The molecule has 3 aromatic rings. The molecule has 32 heavy (non-hydrogen) atoms. The van der Waals surface area contributed by atoms with Crippen LogP contribution in [-0.4, -0.2) is 44.2 Å². The minimum absolute atomic E-state index is 0.175. The Kier molecular flexibility index (Phi) is 7.73. The van der Waals surface area contributed by atoms with E-state index in [1.807, 2.05) is 42.5 Å². The van der Waals surface area contributed by atoms with Crippen molar-refractivity contribution in [3.63, 3.8) is 0 Å². The highest BCUT2D eigenvalue weighted by Gasteiger charge is 2.22. The van der Waals surface area contributed by atoms with Crippen LogP contribution >= 0.6 is 0 Å². The fraction of sp³-hybridized carbons (Fsp3) is 0.269. The van der Waals surface area contributed by atoms with Gasteiger partial charge in [-0.05, 0) is 34.9 Å². The number of rotatable bonds is 9. The van der Waals surface area contributed by atoms with Gasteiger partial charge in [0, 0.05) is 20.5 Å². The van der Waals surface area contributed by atoms with E-state index in [1.54, 1.807) is 45.5 Å². The highest BCUT2D eigenvalue weighted by molar-refractivity contribution is 5.98. The fourth-order valence-electron chi connectivity index (χ4n) is 3.46. The highest BCUT2D eigenvalue weighted by atomic mass is 16.5. The Hall–Kier alpha value is -3.51. The van der Waals surface area contributed by atoms with E-state index in [0.717, 1.165) is 5.56 Å². The van der Waals surface area contributed by atoms with Crippen molar-refractivity contribution in [2.75, 3.05) is 28.3 Å². The molecule has 0 aliphatic rings. The average Bonchev–Trinajstić information content (AvgIpc) is 2.82. The lowest BCUT2D eigenvalue weighted by Crippen LogP contribution is -2.24. The monoisotopic (exact) mass is 435 g/mol. The molecule has 0 aromatic heterocycles. The molecule has 3 aromatic carbocycles. The summed E-state index contributed by atoms with van der Waals surface area (Å²) in [6.07, 6.45) is -0.600.